The molecule has 8 heteroatoms. The Morgan fingerprint density at radius 3 is 2.72 bits per heavy atom. The number of thiophene rings is 1. The fourth-order valence-corrected chi connectivity index (χ4v) is 2.68. The number of carbonyl (C=O) groups is 2. The summed E-state index contributed by atoms with van der Waals surface area (Å²) >= 11 is 4.64. The Morgan fingerprint density at radius 2 is 2.22 bits per heavy atom. The van der Waals surface area contributed by atoms with Gasteiger partial charge in [0.05, 0.1) is 8.66 Å². The highest BCUT2D eigenvalue weighted by Gasteiger charge is 2.14. The first-order valence-electron chi connectivity index (χ1n) is 4.83. The molecule has 94 valence electrons. The monoisotopic (exact) mass is 329 g/mol. The molecule has 1 amide bonds. The largest absolute Gasteiger partial charge is 0.477 e. The zero-order valence-electron chi connectivity index (χ0n) is 9.15. The molecule has 2 heterocycles. The number of carbonyl (C=O) groups excluding carboxylic acids is 1. The van der Waals surface area contributed by atoms with Crippen LogP contribution in [-0.2, 0) is 0 Å². The van der Waals surface area contributed by atoms with Crippen LogP contribution in [0.1, 0.15) is 25.7 Å². The molecule has 2 aromatic heterocycles. The minimum Gasteiger partial charge on any atom is -0.477 e. The Labute approximate surface area is 114 Å². The van der Waals surface area contributed by atoms with E-state index in [0.717, 1.165) is 9.35 Å². The fraction of sp³-hybridized carbons (Fsp3) is 0.100. The number of nitrogens with one attached hydrogen (secondary N) is 2. The van der Waals surface area contributed by atoms with Gasteiger partial charge in [0.1, 0.15) is 5.69 Å². The van der Waals surface area contributed by atoms with Gasteiger partial charge in [-0.25, -0.2) is 4.79 Å². The van der Waals surface area contributed by atoms with Crippen LogP contribution in [0.4, 0.5) is 5.82 Å². The highest BCUT2D eigenvalue weighted by atomic mass is 79.9. The van der Waals surface area contributed by atoms with Crippen molar-refractivity contribution >= 4 is 45.0 Å². The number of aromatic carboxylic acids is 1. The number of aromatic nitrogens is 2. The normalized spacial score (nSPS) is 10.3. The lowest BCUT2D eigenvalue weighted by Crippen LogP contribution is -2.10. The molecule has 0 aromatic carbocycles. The smallest absolute Gasteiger partial charge is 0.353 e. The van der Waals surface area contributed by atoms with Crippen LogP contribution in [0.2, 0.25) is 0 Å². The summed E-state index contributed by atoms with van der Waals surface area (Å²) in [6, 6.07) is 3.00. The first-order chi connectivity index (χ1) is 8.47. The third-order valence-corrected chi connectivity index (χ3v) is 4.27. The van der Waals surface area contributed by atoms with Gasteiger partial charge in [-0.2, -0.15) is 5.10 Å². The second kappa shape index (κ2) is 4.91. The highest BCUT2D eigenvalue weighted by Crippen LogP contribution is 2.27. The molecule has 0 radical (unpaired) electrons. The van der Waals surface area contributed by atoms with Gasteiger partial charge in [-0.15, -0.1) is 11.3 Å². The van der Waals surface area contributed by atoms with E-state index >= 15 is 0 Å². The molecule has 0 spiro atoms. The van der Waals surface area contributed by atoms with Crippen LogP contribution in [0, 0.1) is 6.92 Å². The first kappa shape index (κ1) is 12.8. The Hall–Kier alpha value is -1.67. The Balaban J connectivity index is 2.13. The maximum Gasteiger partial charge on any atom is 0.353 e. The number of nitrogens with zero attached hydrogens (tertiary/aromatic N) is 1. The fourth-order valence-electron chi connectivity index (χ4n) is 1.25. The average Bonchev–Trinajstić information content (AvgIpc) is 2.87. The zero-order chi connectivity index (χ0) is 13.3. The Morgan fingerprint density at radius 1 is 1.50 bits per heavy atom. The molecule has 2 rings (SSSR count). The van der Waals surface area contributed by atoms with E-state index in [2.05, 4.69) is 31.4 Å². The average molecular weight is 330 g/mol. The van der Waals surface area contributed by atoms with Crippen LogP contribution in [0.3, 0.4) is 0 Å². The molecule has 0 atom stereocenters. The molecular formula is C10H8BrN3O3S. The van der Waals surface area contributed by atoms with E-state index < -0.39 is 5.97 Å². The third-order valence-electron chi connectivity index (χ3n) is 2.13. The number of carboxylic acid groups (broad SMARTS) is 1. The second-order valence-corrected chi connectivity index (χ2v) is 5.86. The minimum absolute atomic E-state index is 0.0751. The van der Waals surface area contributed by atoms with Crippen molar-refractivity contribution in [1.29, 1.82) is 0 Å². The number of amides is 1. The number of hydrogen-bond acceptors (Lipinski definition) is 4. The van der Waals surface area contributed by atoms with Gasteiger partial charge in [-0.05, 0) is 34.5 Å². The molecule has 3 N–H and O–H groups in total. The molecule has 0 saturated heterocycles. The van der Waals surface area contributed by atoms with Crippen LogP contribution >= 0.6 is 27.3 Å². The number of rotatable bonds is 3. The second-order valence-electron chi connectivity index (χ2n) is 3.49. The van der Waals surface area contributed by atoms with Crippen molar-refractivity contribution in [1.82, 2.24) is 10.2 Å². The third kappa shape index (κ3) is 2.59. The summed E-state index contributed by atoms with van der Waals surface area (Å²) in [5.41, 5.74) is 0.896. The van der Waals surface area contributed by atoms with E-state index in [1.165, 1.54) is 17.4 Å². The topological polar surface area (TPSA) is 95.1 Å². The summed E-state index contributed by atoms with van der Waals surface area (Å²) in [5, 5.41) is 17.2. The molecule has 18 heavy (non-hydrogen) atoms. The van der Waals surface area contributed by atoms with E-state index in [4.69, 9.17) is 5.11 Å². The maximum absolute atomic E-state index is 11.8. The van der Waals surface area contributed by atoms with Gasteiger partial charge in [0.15, 0.2) is 5.82 Å². The number of carboxylic acids is 1. The minimum atomic E-state index is -1.13. The molecule has 0 aliphatic carbocycles. The number of aryl methyl sites for hydroxylation is 1. The van der Waals surface area contributed by atoms with Crippen LogP contribution in [-0.4, -0.2) is 27.2 Å². The van der Waals surface area contributed by atoms with Gasteiger partial charge in [0, 0.05) is 6.07 Å². The number of anilines is 1. The van der Waals surface area contributed by atoms with Crippen LogP contribution < -0.4 is 5.32 Å². The van der Waals surface area contributed by atoms with Gasteiger partial charge < -0.3 is 10.4 Å². The van der Waals surface area contributed by atoms with Crippen molar-refractivity contribution < 1.29 is 14.7 Å². The van der Waals surface area contributed by atoms with E-state index in [9.17, 15) is 9.59 Å². The summed E-state index contributed by atoms with van der Waals surface area (Å²) < 4.78 is 0.890. The van der Waals surface area contributed by atoms with E-state index in [-0.39, 0.29) is 17.4 Å². The van der Waals surface area contributed by atoms with E-state index in [1.807, 2.05) is 6.92 Å². The highest BCUT2D eigenvalue weighted by molar-refractivity contribution is 9.11. The molecule has 2 aromatic rings. The van der Waals surface area contributed by atoms with Gasteiger partial charge >= 0.3 is 5.97 Å². The standard InChI is InChI=1S/C10H8BrN3O3S/c1-4-2-6(18-8(4)11)9(15)12-7-3-5(10(16)17)13-14-7/h2-3H,1H3,(H,16,17)(H2,12,13,14,15). The summed E-state index contributed by atoms with van der Waals surface area (Å²) in [4.78, 5) is 23.0. The summed E-state index contributed by atoms with van der Waals surface area (Å²) in [5.74, 6) is -1.27. The number of halogens is 1. The number of hydrogen-bond donors (Lipinski definition) is 3. The lowest BCUT2D eigenvalue weighted by Gasteiger charge is -1.97. The van der Waals surface area contributed by atoms with Gasteiger partial charge in [0.25, 0.3) is 5.91 Å². The van der Waals surface area contributed by atoms with Crippen LogP contribution in [0.15, 0.2) is 15.9 Å². The maximum atomic E-state index is 11.8. The van der Waals surface area contributed by atoms with E-state index in [1.54, 1.807) is 6.07 Å². The SMILES string of the molecule is Cc1cc(C(=O)Nc2cc(C(=O)O)[nH]n2)sc1Br. The van der Waals surface area contributed by atoms with Crippen LogP contribution in [0.5, 0.6) is 0 Å². The predicted octanol–water partition coefficient (Wildman–Crippen LogP) is 2.49. The van der Waals surface area contributed by atoms with E-state index in [0.29, 0.717) is 4.88 Å². The van der Waals surface area contributed by atoms with Crippen molar-refractivity contribution in [2.24, 2.45) is 0 Å². The number of aromatic amines is 1. The Bertz CT molecular complexity index is 600. The van der Waals surface area contributed by atoms with Crippen molar-refractivity contribution in [3.8, 4) is 0 Å². The quantitative estimate of drug-likeness (QED) is 0.806. The van der Waals surface area contributed by atoms with Crippen molar-refractivity contribution in [3.05, 3.63) is 32.1 Å². The molecule has 0 aliphatic rings. The molecule has 6 nitrogen and oxygen atoms in total. The molecule has 0 aliphatic heterocycles. The van der Waals surface area contributed by atoms with Gasteiger partial charge in [0.2, 0.25) is 0 Å². The van der Waals surface area contributed by atoms with Crippen molar-refractivity contribution in [3.63, 3.8) is 0 Å². The molecular weight excluding hydrogens is 322 g/mol. The molecule has 0 fully saturated rings. The predicted molar refractivity (Wildman–Crippen MR) is 70.3 cm³/mol. The van der Waals surface area contributed by atoms with Gasteiger partial charge in [-0.1, -0.05) is 0 Å². The molecule has 0 unspecified atom stereocenters. The lowest BCUT2D eigenvalue weighted by molar-refractivity contribution is 0.0690. The van der Waals surface area contributed by atoms with Crippen molar-refractivity contribution in [2.75, 3.05) is 5.32 Å². The summed E-state index contributed by atoms with van der Waals surface area (Å²) in [6.07, 6.45) is 0. The Kier molecular flexibility index (Phi) is 3.48. The first-order valence-corrected chi connectivity index (χ1v) is 6.44. The molecule has 0 bridgehead atoms. The summed E-state index contributed by atoms with van der Waals surface area (Å²) in [6.45, 7) is 1.88. The lowest BCUT2D eigenvalue weighted by atomic mass is 10.3. The van der Waals surface area contributed by atoms with Crippen LogP contribution in [0.25, 0.3) is 0 Å². The van der Waals surface area contributed by atoms with Crippen molar-refractivity contribution in [2.45, 2.75) is 6.92 Å². The number of H-pyrrole nitrogens is 1. The molecule has 0 saturated carbocycles. The zero-order valence-corrected chi connectivity index (χ0v) is 11.6. The summed E-state index contributed by atoms with van der Waals surface area (Å²) in [7, 11) is 0. The van der Waals surface area contributed by atoms with Gasteiger partial charge in [-0.3, -0.25) is 9.89 Å².